The molecule has 1 atom stereocenters. The van der Waals surface area contributed by atoms with Crippen LogP contribution in [0.15, 0.2) is 18.2 Å². The van der Waals surface area contributed by atoms with Gasteiger partial charge in [0.05, 0.1) is 24.9 Å². The van der Waals surface area contributed by atoms with Crippen LogP contribution < -0.4 is 0 Å². The maximum absolute atomic E-state index is 11.0. The zero-order valence-corrected chi connectivity index (χ0v) is 11.8. The van der Waals surface area contributed by atoms with Gasteiger partial charge in [0.1, 0.15) is 0 Å². The Kier molecular flexibility index (Phi) is 4.35. The second-order valence-electron chi connectivity index (χ2n) is 4.91. The molecule has 0 amide bonds. The number of hydrogen-bond acceptors (Lipinski definition) is 5. The molecule has 0 radical (unpaired) electrons. The zero-order chi connectivity index (χ0) is 15.6. The van der Waals surface area contributed by atoms with E-state index in [1.54, 1.807) is 0 Å². The third kappa shape index (κ3) is 3.09. The van der Waals surface area contributed by atoms with Crippen molar-refractivity contribution < 1.29 is 20.1 Å². The Morgan fingerprint density at radius 2 is 2.10 bits per heavy atom. The van der Waals surface area contributed by atoms with E-state index in [-0.39, 0.29) is 17.9 Å². The second-order valence-corrected chi connectivity index (χ2v) is 4.91. The molecule has 0 unspecified atom stereocenters. The van der Waals surface area contributed by atoms with Gasteiger partial charge in [0, 0.05) is 0 Å². The minimum atomic E-state index is -1.26. The molecular weight excluding hydrogens is 274 g/mol. The second kappa shape index (κ2) is 6.02. The van der Waals surface area contributed by atoms with Crippen LogP contribution in [0.25, 0.3) is 0 Å². The van der Waals surface area contributed by atoms with Crippen molar-refractivity contribution in [1.82, 2.24) is 15.0 Å². The molecule has 1 aromatic carbocycles. The van der Waals surface area contributed by atoms with Crippen LogP contribution in [0.2, 0.25) is 0 Å². The summed E-state index contributed by atoms with van der Waals surface area (Å²) in [6, 6.07) is 5.67. The van der Waals surface area contributed by atoms with E-state index in [1.807, 2.05) is 32.0 Å². The highest BCUT2D eigenvalue weighted by molar-refractivity contribution is 5.86. The first kappa shape index (κ1) is 15.1. The monoisotopic (exact) mass is 291 g/mol. The largest absolute Gasteiger partial charge is 0.476 e. The first-order valence-corrected chi connectivity index (χ1v) is 6.45. The van der Waals surface area contributed by atoms with Crippen molar-refractivity contribution in [3.8, 4) is 0 Å². The highest BCUT2D eigenvalue weighted by Gasteiger charge is 2.20. The maximum Gasteiger partial charge on any atom is 0.358 e. The molecule has 0 aliphatic heterocycles. The number of benzene rings is 1. The fourth-order valence-electron chi connectivity index (χ4n) is 2.26. The molecule has 0 bridgehead atoms. The van der Waals surface area contributed by atoms with E-state index < -0.39 is 18.7 Å². The molecule has 0 spiro atoms. The third-order valence-corrected chi connectivity index (χ3v) is 3.32. The molecular formula is C14H17N3O4. The van der Waals surface area contributed by atoms with Crippen LogP contribution in [-0.2, 0) is 13.2 Å². The van der Waals surface area contributed by atoms with Gasteiger partial charge in [-0.1, -0.05) is 29.0 Å². The number of aliphatic hydroxyl groups is 2. The van der Waals surface area contributed by atoms with Gasteiger partial charge in [-0.25, -0.2) is 9.48 Å². The lowest BCUT2D eigenvalue weighted by Gasteiger charge is -2.15. The van der Waals surface area contributed by atoms with Crippen LogP contribution in [0.4, 0.5) is 0 Å². The molecule has 0 fully saturated rings. The minimum Gasteiger partial charge on any atom is -0.476 e. The van der Waals surface area contributed by atoms with Gasteiger partial charge in [-0.05, 0) is 25.0 Å². The predicted molar refractivity (Wildman–Crippen MR) is 73.8 cm³/mol. The lowest BCUT2D eigenvalue weighted by molar-refractivity contribution is 0.0685. The first-order chi connectivity index (χ1) is 9.93. The van der Waals surface area contributed by atoms with E-state index in [4.69, 9.17) is 5.11 Å². The van der Waals surface area contributed by atoms with Gasteiger partial charge in [-0.15, -0.1) is 5.10 Å². The van der Waals surface area contributed by atoms with Crippen LogP contribution in [0.3, 0.4) is 0 Å². The fourth-order valence-corrected chi connectivity index (χ4v) is 2.26. The van der Waals surface area contributed by atoms with Crippen molar-refractivity contribution in [3.63, 3.8) is 0 Å². The normalized spacial score (nSPS) is 12.4. The summed E-state index contributed by atoms with van der Waals surface area (Å²) in [6.45, 7) is 3.38. The average Bonchev–Trinajstić information content (AvgIpc) is 2.81. The summed E-state index contributed by atoms with van der Waals surface area (Å²) >= 11 is 0. The number of nitrogens with zero attached hydrogens (tertiary/aromatic N) is 3. The molecule has 2 rings (SSSR count). The number of aliphatic hydroxyl groups excluding tert-OH is 2. The SMILES string of the molecule is Cc1ccc([C@H](O)Cn2nnc(C(=O)O)c2CO)c(C)c1. The number of rotatable bonds is 5. The molecule has 0 aliphatic rings. The van der Waals surface area contributed by atoms with Crippen molar-refractivity contribution in [2.24, 2.45) is 0 Å². The fraction of sp³-hybridized carbons (Fsp3) is 0.357. The molecule has 0 saturated heterocycles. The van der Waals surface area contributed by atoms with E-state index in [0.717, 1.165) is 16.7 Å². The standard InChI is InChI=1S/C14H17N3O4/c1-8-3-4-10(9(2)5-8)12(19)6-17-11(7-18)13(14(20)21)15-16-17/h3-5,12,18-19H,6-7H2,1-2H3,(H,20,21)/t12-/m1/s1. The Morgan fingerprint density at radius 3 is 2.67 bits per heavy atom. The van der Waals surface area contributed by atoms with Crippen LogP contribution >= 0.6 is 0 Å². The van der Waals surface area contributed by atoms with Crippen LogP contribution in [0, 0.1) is 13.8 Å². The van der Waals surface area contributed by atoms with Gasteiger partial charge in [-0.3, -0.25) is 0 Å². The smallest absolute Gasteiger partial charge is 0.358 e. The van der Waals surface area contributed by atoms with E-state index in [9.17, 15) is 15.0 Å². The van der Waals surface area contributed by atoms with E-state index in [1.165, 1.54) is 4.68 Å². The lowest BCUT2D eigenvalue weighted by atomic mass is 10.0. The molecule has 21 heavy (non-hydrogen) atoms. The van der Waals surface area contributed by atoms with Crippen molar-refractivity contribution in [3.05, 3.63) is 46.3 Å². The maximum atomic E-state index is 11.0. The summed E-state index contributed by atoms with van der Waals surface area (Å²) in [4.78, 5) is 11.0. The topological polar surface area (TPSA) is 108 Å². The van der Waals surface area contributed by atoms with Gasteiger partial charge in [0.25, 0.3) is 0 Å². The van der Waals surface area contributed by atoms with Gasteiger partial charge in [0.15, 0.2) is 5.69 Å². The highest BCUT2D eigenvalue weighted by atomic mass is 16.4. The number of carboxylic acids is 1. The van der Waals surface area contributed by atoms with Crippen molar-refractivity contribution in [2.45, 2.75) is 33.1 Å². The molecule has 2 aromatic rings. The molecule has 1 heterocycles. The summed E-state index contributed by atoms with van der Waals surface area (Å²) in [5.41, 5.74) is 2.54. The van der Waals surface area contributed by atoms with Crippen molar-refractivity contribution in [1.29, 1.82) is 0 Å². The summed E-state index contributed by atoms with van der Waals surface area (Å²) in [7, 11) is 0. The molecule has 112 valence electrons. The number of carbonyl (C=O) groups is 1. The van der Waals surface area contributed by atoms with E-state index in [2.05, 4.69) is 10.3 Å². The molecule has 0 saturated carbocycles. The first-order valence-electron chi connectivity index (χ1n) is 6.45. The number of aromatic nitrogens is 3. The Hall–Kier alpha value is -2.25. The Labute approximate surface area is 121 Å². The summed E-state index contributed by atoms with van der Waals surface area (Å²) < 4.78 is 1.22. The molecule has 0 aliphatic carbocycles. The van der Waals surface area contributed by atoms with Gasteiger partial charge >= 0.3 is 5.97 Å². The van der Waals surface area contributed by atoms with Crippen LogP contribution in [0.5, 0.6) is 0 Å². The van der Waals surface area contributed by atoms with Gasteiger partial charge < -0.3 is 15.3 Å². The highest BCUT2D eigenvalue weighted by Crippen LogP contribution is 2.21. The Bertz CT molecular complexity index is 666. The minimum absolute atomic E-state index is 0.0279. The molecule has 7 heteroatoms. The van der Waals surface area contributed by atoms with Gasteiger partial charge in [-0.2, -0.15) is 0 Å². The Morgan fingerprint density at radius 1 is 1.38 bits per heavy atom. The van der Waals surface area contributed by atoms with Crippen LogP contribution in [0.1, 0.15) is 39.0 Å². The Balaban J connectivity index is 2.27. The quantitative estimate of drug-likeness (QED) is 0.752. The lowest BCUT2D eigenvalue weighted by Crippen LogP contribution is -2.15. The number of aryl methyl sites for hydroxylation is 2. The predicted octanol–water partition coefficient (Wildman–Crippen LogP) is 0.819. The van der Waals surface area contributed by atoms with Crippen molar-refractivity contribution >= 4 is 5.97 Å². The number of hydrogen-bond donors (Lipinski definition) is 3. The van der Waals surface area contributed by atoms with Crippen LogP contribution in [-0.4, -0.2) is 36.3 Å². The summed E-state index contributed by atoms with van der Waals surface area (Å²) in [5, 5.41) is 35.7. The summed E-state index contributed by atoms with van der Waals surface area (Å²) in [5.74, 6) is -1.26. The van der Waals surface area contributed by atoms with Gasteiger partial charge in [0.2, 0.25) is 0 Å². The summed E-state index contributed by atoms with van der Waals surface area (Å²) in [6.07, 6.45) is -0.862. The van der Waals surface area contributed by atoms with E-state index in [0.29, 0.717) is 0 Å². The number of aromatic carboxylic acids is 1. The zero-order valence-electron chi connectivity index (χ0n) is 11.8. The molecule has 7 nitrogen and oxygen atoms in total. The van der Waals surface area contributed by atoms with E-state index >= 15 is 0 Å². The average molecular weight is 291 g/mol. The third-order valence-electron chi connectivity index (χ3n) is 3.32. The van der Waals surface area contributed by atoms with Crippen molar-refractivity contribution in [2.75, 3.05) is 0 Å². The molecule has 1 aromatic heterocycles. The number of carboxylic acid groups (broad SMARTS) is 1. The molecule has 3 N–H and O–H groups in total.